The van der Waals surface area contributed by atoms with Crippen molar-refractivity contribution in [1.29, 1.82) is 0 Å². The summed E-state index contributed by atoms with van der Waals surface area (Å²) in [6, 6.07) is 6.61. The van der Waals surface area contributed by atoms with Crippen molar-refractivity contribution >= 4 is 23.6 Å². The van der Waals surface area contributed by atoms with Crippen molar-refractivity contribution in [2.45, 2.75) is 19.8 Å². The summed E-state index contributed by atoms with van der Waals surface area (Å²) in [5, 5.41) is 18.9. The van der Waals surface area contributed by atoms with Crippen LogP contribution in [0.15, 0.2) is 24.3 Å². The molecule has 4 nitrogen and oxygen atoms in total. The van der Waals surface area contributed by atoms with E-state index in [1.54, 1.807) is 18.2 Å². The number of carbonyl (C=O) groups is 2. The molecule has 2 aromatic rings. The van der Waals surface area contributed by atoms with E-state index in [2.05, 4.69) is 0 Å². The lowest BCUT2D eigenvalue weighted by molar-refractivity contribution is 0.0702. The lowest BCUT2D eigenvalue weighted by Gasteiger charge is -2.12. The Balaban J connectivity index is 2.58. The van der Waals surface area contributed by atoms with Crippen molar-refractivity contribution in [2.24, 2.45) is 0 Å². The molecular formula is C15H14O4S. The number of aromatic hydroxyl groups is 1. The fourth-order valence-electron chi connectivity index (χ4n) is 1.96. The minimum absolute atomic E-state index is 0.00577. The molecule has 0 bridgehead atoms. The number of hydrogen-bond donors (Lipinski definition) is 2. The Morgan fingerprint density at radius 2 is 2.00 bits per heavy atom. The van der Waals surface area contributed by atoms with E-state index in [1.807, 2.05) is 13.8 Å². The number of carboxylic acid groups (broad SMARTS) is 1. The largest absolute Gasteiger partial charge is 0.507 e. The van der Waals surface area contributed by atoms with Gasteiger partial charge in [-0.25, -0.2) is 4.79 Å². The minimum Gasteiger partial charge on any atom is -0.507 e. The van der Waals surface area contributed by atoms with Crippen LogP contribution in [0.3, 0.4) is 0 Å². The van der Waals surface area contributed by atoms with Crippen molar-refractivity contribution in [3.63, 3.8) is 0 Å². The smallest absolute Gasteiger partial charge is 0.345 e. The Hall–Kier alpha value is -2.14. The van der Waals surface area contributed by atoms with Gasteiger partial charge in [-0.2, -0.15) is 0 Å². The Morgan fingerprint density at radius 1 is 1.30 bits per heavy atom. The maximum Gasteiger partial charge on any atom is 0.345 e. The highest BCUT2D eigenvalue weighted by molar-refractivity contribution is 7.17. The van der Waals surface area contributed by atoms with Gasteiger partial charge in [-0.05, 0) is 41.3 Å². The zero-order chi connectivity index (χ0) is 14.9. The zero-order valence-electron chi connectivity index (χ0n) is 11.1. The van der Waals surface area contributed by atoms with Gasteiger partial charge in [0.05, 0.1) is 5.56 Å². The normalized spacial score (nSPS) is 10.8. The number of phenolic OH excluding ortho intramolecular Hbond substituents is 1. The van der Waals surface area contributed by atoms with Gasteiger partial charge in [-0.15, -0.1) is 11.3 Å². The molecule has 1 heterocycles. The summed E-state index contributed by atoms with van der Waals surface area (Å²) < 4.78 is 0. The Bertz CT molecular complexity index is 671. The van der Waals surface area contributed by atoms with E-state index in [0.29, 0.717) is 11.8 Å². The van der Waals surface area contributed by atoms with Gasteiger partial charge in [-0.3, -0.25) is 4.79 Å². The first kappa shape index (κ1) is 14.3. The van der Waals surface area contributed by atoms with Crippen LogP contribution in [0.5, 0.6) is 5.75 Å². The third kappa shape index (κ3) is 2.58. The van der Waals surface area contributed by atoms with E-state index < -0.39 is 5.97 Å². The van der Waals surface area contributed by atoms with Gasteiger partial charge in [-0.1, -0.05) is 13.8 Å². The van der Waals surface area contributed by atoms with Crippen LogP contribution in [-0.4, -0.2) is 22.5 Å². The van der Waals surface area contributed by atoms with Gasteiger partial charge in [0.25, 0.3) is 0 Å². The maximum absolute atomic E-state index is 11.0. The second-order valence-corrected chi connectivity index (χ2v) is 5.83. The number of aromatic carboxylic acids is 1. The lowest BCUT2D eigenvalue weighted by atomic mass is 9.96. The number of benzene rings is 1. The predicted molar refractivity (Wildman–Crippen MR) is 77.9 cm³/mol. The summed E-state index contributed by atoms with van der Waals surface area (Å²) in [5.74, 6) is -0.916. The van der Waals surface area contributed by atoms with Gasteiger partial charge >= 0.3 is 5.97 Å². The second-order valence-electron chi connectivity index (χ2n) is 4.74. The molecule has 5 heteroatoms. The number of phenols is 1. The molecule has 104 valence electrons. The maximum atomic E-state index is 11.0. The highest BCUT2D eigenvalue weighted by atomic mass is 32.1. The molecule has 2 N–H and O–H groups in total. The van der Waals surface area contributed by atoms with Crippen molar-refractivity contribution < 1.29 is 19.8 Å². The number of thiophene rings is 1. The van der Waals surface area contributed by atoms with Crippen molar-refractivity contribution in [3.8, 4) is 16.2 Å². The van der Waals surface area contributed by atoms with Crippen LogP contribution in [-0.2, 0) is 0 Å². The number of carbonyl (C=O) groups excluding carboxylic acids is 1. The van der Waals surface area contributed by atoms with E-state index in [4.69, 9.17) is 5.11 Å². The third-order valence-corrected chi connectivity index (χ3v) is 4.14. The van der Waals surface area contributed by atoms with Crippen molar-refractivity contribution in [2.75, 3.05) is 0 Å². The molecule has 2 rings (SSSR count). The van der Waals surface area contributed by atoms with Crippen LogP contribution in [0, 0.1) is 0 Å². The van der Waals surface area contributed by atoms with E-state index in [9.17, 15) is 14.7 Å². The predicted octanol–water partition coefficient (Wildman–Crippen LogP) is 3.75. The van der Waals surface area contributed by atoms with Crippen molar-refractivity contribution in [1.82, 2.24) is 0 Å². The summed E-state index contributed by atoms with van der Waals surface area (Å²) in [5.41, 5.74) is 1.64. The Labute approximate surface area is 120 Å². The Kier molecular flexibility index (Phi) is 3.90. The van der Waals surface area contributed by atoms with E-state index in [1.165, 1.54) is 6.07 Å². The standard InChI is InChI=1S/C15H14O4S/c1-8(2)11-6-9(5-10(7-16)14(11)17)12-3-4-13(20-12)15(18)19/h3-8,17H,1-2H3,(H,18,19). The molecule has 1 aromatic heterocycles. The van der Waals surface area contributed by atoms with Crippen LogP contribution >= 0.6 is 11.3 Å². The summed E-state index contributed by atoms with van der Waals surface area (Å²) >= 11 is 1.14. The average molecular weight is 290 g/mol. The van der Waals surface area contributed by atoms with Crippen LogP contribution in [0.1, 0.15) is 45.4 Å². The fraction of sp³-hybridized carbons (Fsp3) is 0.200. The van der Waals surface area contributed by atoms with E-state index in [-0.39, 0.29) is 22.1 Å². The van der Waals surface area contributed by atoms with Crippen LogP contribution in [0.2, 0.25) is 0 Å². The quantitative estimate of drug-likeness (QED) is 0.841. The van der Waals surface area contributed by atoms with Gasteiger partial charge in [0.1, 0.15) is 10.6 Å². The summed E-state index contributed by atoms with van der Waals surface area (Å²) in [6.45, 7) is 3.84. The molecule has 0 aliphatic heterocycles. The molecule has 0 saturated heterocycles. The SMILES string of the molecule is CC(C)c1cc(-c2ccc(C(=O)O)s2)cc(C=O)c1O. The monoisotopic (exact) mass is 290 g/mol. The van der Waals surface area contributed by atoms with E-state index >= 15 is 0 Å². The first-order valence-electron chi connectivity index (χ1n) is 6.09. The van der Waals surface area contributed by atoms with Crippen LogP contribution in [0.25, 0.3) is 10.4 Å². The number of rotatable bonds is 4. The molecule has 20 heavy (non-hydrogen) atoms. The molecule has 0 unspecified atom stereocenters. The highest BCUT2D eigenvalue weighted by Gasteiger charge is 2.15. The molecule has 0 radical (unpaired) electrons. The molecule has 0 fully saturated rings. The molecule has 0 spiro atoms. The molecule has 0 aliphatic carbocycles. The lowest BCUT2D eigenvalue weighted by Crippen LogP contribution is -1.94. The van der Waals surface area contributed by atoms with Gasteiger partial charge in [0, 0.05) is 4.88 Å². The summed E-state index contributed by atoms with van der Waals surface area (Å²) in [6.07, 6.45) is 0.608. The van der Waals surface area contributed by atoms with Gasteiger partial charge in [0.2, 0.25) is 0 Å². The fourth-order valence-corrected chi connectivity index (χ4v) is 2.79. The van der Waals surface area contributed by atoms with E-state index in [0.717, 1.165) is 21.8 Å². The number of carboxylic acids is 1. The van der Waals surface area contributed by atoms with Crippen LogP contribution < -0.4 is 0 Å². The Morgan fingerprint density at radius 3 is 2.50 bits per heavy atom. The summed E-state index contributed by atoms with van der Waals surface area (Å²) in [4.78, 5) is 23.0. The molecule has 1 aromatic carbocycles. The molecule has 0 saturated carbocycles. The second kappa shape index (κ2) is 5.46. The highest BCUT2D eigenvalue weighted by Crippen LogP contribution is 2.36. The molecular weight excluding hydrogens is 276 g/mol. The molecule has 0 atom stereocenters. The topological polar surface area (TPSA) is 74.6 Å². The minimum atomic E-state index is -0.972. The first-order chi connectivity index (χ1) is 9.43. The molecule has 0 amide bonds. The first-order valence-corrected chi connectivity index (χ1v) is 6.91. The van der Waals surface area contributed by atoms with Gasteiger partial charge in [0.15, 0.2) is 6.29 Å². The average Bonchev–Trinajstić information content (AvgIpc) is 2.88. The summed E-state index contributed by atoms with van der Waals surface area (Å²) in [7, 11) is 0. The van der Waals surface area contributed by atoms with Crippen molar-refractivity contribution in [3.05, 3.63) is 40.3 Å². The zero-order valence-corrected chi connectivity index (χ0v) is 11.9. The number of hydrogen-bond acceptors (Lipinski definition) is 4. The number of aldehydes is 1. The van der Waals surface area contributed by atoms with Gasteiger partial charge < -0.3 is 10.2 Å². The van der Waals surface area contributed by atoms with Crippen LogP contribution in [0.4, 0.5) is 0 Å². The third-order valence-electron chi connectivity index (χ3n) is 3.02. The molecule has 0 aliphatic rings.